The van der Waals surface area contributed by atoms with Crippen LogP contribution in [0.3, 0.4) is 0 Å². The van der Waals surface area contributed by atoms with Gasteiger partial charge in [0, 0.05) is 62.2 Å². The molecular weight excluding hydrogens is 401 g/mol. The van der Waals surface area contributed by atoms with Crippen LogP contribution in [0.1, 0.15) is 12.2 Å². The molecule has 11 heteroatoms. The number of likely N-dealkylation sites (tertiary alicyclic amines) is 1. The van der Waals surface area contributed by atoms with Gasteiger partial charge in [-0.15, -0.1) is 0 Å². The van der Waals surface area contributed by atoms with E-state index in [9.17, 15) is 17.9 Å². The molecule has 2 aliphatic rings. The van der Waals surface area contributed by atoms with E-state index in [2.05, 4.69) is 14.6 Å². The Labute approximate surface area is 169 Å². The van der Waals surface area contributed by atoms with Crippen molar-refractivity contribution in [3.05, 3.63) is 42.2 Å². The molecule has 0 spiro atoms. The molecule has 0 radical (unpaired) electrons. The Kier molecular flexibility index (Phi) is 5.74. The molecule has 0 aliphatic carbocycles. The molecule has 2 saturated heterocycles. The SMILES string of the molecule is COC1CN(Cc2nccn2-c2ccc(N3CCC(NS(=O)[O-])C3=O)c(F)c2)C1. The lowest BCUT2D eigenvalue weighted by Gasteiger charge is -2.37. The summed E-state index contributed by atoms with van der Waals surface area (Å²) in [6, 6.07) is 3.75. The molecule has 29 heavy (non-hydrogen) atoms. The molecule has 156 valence electrons. The largest absolute Gasteiger partial charge is 0.760 e. The minimum absolute atomic E-state index is 0.132. The molecule has 1 amide bonds. The number of imidazole rings is 1. The first-order chi connectivity index (χ1) is 14.0. The fourth-order valence-electron chi connectivity index (χ4n) is 3.70. The third-order valence-corrected chi connectivity index (χ3v) is 5.76. The van der Waals surface area contributed by atoms with E-state index in [0.717, 1.165) is 18.9 Å². The summed E-state index contributed by atoms with van der Waals surface area (Å²) in [6.45, 7) is 2.53. The second-order valence-corrected chi connectivity index (χ2v) is 7.79. The normalized spacial score (nSPS) is 21.6. The van der Waals surface area contributed by atoms with Crippen molar-refractivity contribution in [2.75, 3.05) is 31.6 Å². The van der Waals surface area contributed by atoms with Gasteiger partial charge in [-0.05, 0) is 18.6 Å². The molecule has 2 atom stereocenters. The Balaban J connectivity index is 1.50. The minimum Gasteiger partial charge on any atom is -0.760 e. The molecule has 3 heterocycles. The number of aromatic nitrogens is 2. The lowest BCUT2D eigenvalue weighted by molar-refractivity contribution is -0.118. The summed E-state index contributed by atoms with van der Waals surface area (Å²) in [5, 5.41) is 0. The number of amides is 1. The van der Waals surface area contributed by atoms with Gasteiger partial charge in [0.05, 0.1) is 24.4 Å². The van der Waals surface area contributed by atoms with Gasteiger partial charge < -0.3 is 18.8 Å². The number of benzene rings is 1. The molecule has 1 aromatic heterocycles. The Hall–Kier alpha value is -2.18. The molecule has 0 bridgehead atoms. The van der Waals surface area contributed by atoms with E-state index >= 15 is 0 Å². The quantitative estimate of drug-likeness (QED) is 0.645. The van der Waals surface area contributed by atoms with Gasteiger partial charge in [0.1, 0.15) is 11.6 Å². The lowest BCUT2D eigenvalue weighted by Crippen LogP contribution is -2.51. The molecular formula is C18H21FN5O4S-. The highest BCUT2D eigenvalue weighted by atomic mass is 32.2. The number of nitrogens with zero attached hydrogens (tertiary/aromatic N) is 4. The van der Waals surface area contributed by atoms with Crippen molar-refractivity contribution in [3.8, 4) is 5.69 Å². The summed E-state index contributed by atoms with van der Waals surface area (Å²) in [6.07, 6.45) is 3.96. The van der Waals surface area contributed by atoms with Gasteiger partial charge in [-0.3, -0.25) is 13.9 Å². The highest BCUT2D eigenvalue weighted by molar-refractivity contribution is 7.77. The van der Waals surface area contributed by atoms with Gasteiger partial charge >= 0.3 is 0 Å². The second-order valence-electron chi connectivity index (χ2n) is 7.08. The Morgan fingerprint density at radius 1 is 1.41 bits per heavy atom. The predicted octanol–water partition coefficient (Wildman–Crippen LogP) is 0.331. The predicted molar refractivity (Wildman–Crippen MR) is 102 cm³/mol. The van der Waals surface area contributed by atoms with Crippen molar-refractivity contribution in [1.82, 2.24) is 19.2 Å². The molecule has 0 saturated carbocycles. The first-order valence-corrected chi connectivity index (χ1v) is 10.3. The number of hydrogen-bond donors (Lipinski definition) is 1. The fourth-order valence-corrected chi connectivity index (χ4v) is 4.15. The molecule has 4 rings (SSSR count). The van der Waals surface area contributed by atoms with Crippen molar-refractivity contribution in [3.63, 3.8) is 0 Å². The van der Waals surface area contributed by atoms with Crippen LogP contribution in [0.25, 0.3) is 5.69 Å². The summed E-state index contributed by atoms with van der Waals surface area (Å²) in [5.41, 5.74) is 0.733. The first-order valence-electron chi connectivity index (χ1n) is 9.20. The number of rotatable bonds is 7. The van der Waals surface area contributed by atoms with Crippen molar-refractivity contribution in [1.29, 1.82) is 0 Å². The van der Waals surface area contributed by atoms with Crippen LogP contribution in [0.4, 0.5) is 10.1 Å². The Bertz CT molecular complexity index is 933. The van der Waals surface area contributed by atoms with Crippen molar-refractivity contribution >= 4 is 22.9 Å². The molecule has 2 unspecified atom stereocenters. The zero-order valence-corrected chi connectivity index (χ0v) is 16.6. The standard InChI is InChI=1S/C18H22FN5O4S/c1-28-13-9-22(10-13)11-17-20-5-7-23(17)12-2-3-16(14(19)8-12)24-6-4-15(18(24)25)21-29(26)27/h2-3,5,7-8,13,15,21H,4,6,9-11H2,1H3,(H,26,27)/p-1. The molecule has 2 aliphatic heterocycles. The number of anilines is 1. The van der Waals surface area contributed by atoms with Crippen LogP contribution in [-0.4, -0.2) is 68.0 Å². The van der Waals surface area contributed by atoms with E-state index in [-0.39, 0.29) is 24.8 Å². The lowest BCUT2D eigenvalue weighted by atomic mass is 10.1. The average molecular weight is 422 g/mol. The van der Waals surface area contributed by atoms with Crippen molar-refractivity contribution in [2.24, 2.45) is 0 Å². The van der Waals surface area contributed by atoms with Crippen molar-refractivity contribution in [2.45, 2.75) is 25.1 Å². The number of hydrogen-bond acceptors (Lipinski definition) is 6. The summed E-state index contributed by atoms with van der Waals surface area (Å²) in [7, 11) is 1.69. The maximum atomic E-state index is 14.8. The van der Waals surface area contributed by atoms with Crippen molar-refractivity contribution < 1.29 is 22.7 Å². The zero-order valence-electron chi connectivity index (χ0n) is 15.8. The maximum Gasteiger partial charge on any atom is 0.245 e. The van der Waals surface area contributed by atoms with Crippen LogP contribution in [0.2, 0.25) is 0 Å². The van der Waals surface area contributed by atoms with E-state index in [1.54, 1.807) is 25.6 Å². The maximum absolute atomic E-state index is 14.8. The molecule has 9 nitrogen and oxygen atoms in total. The summed E-state index contributed by atoms with van der Waals surface area (Å²) >= 11 is -2.55. The molecule has 2 aromatic rings. The summed E-state index contributed by atoms with van der Waals surface area (Å²) in [4.78, 5) is 20.2. The number of halogens is 1. The summed E-state index contributed by atoms with van der Waals surface area (Å²) in [5.74, 6) is -0.233. The molecule has 2 fully saturated rings. The van der Waals surface area contributed by atoms with E-state index < -0.39 is 29.0 Å². The Morgan fingerprint density at radius 3 is 2.90 bits per heavy atom. The molecule has 1 N–H and O–H groups in total. The van der Waals surface area contributed by atoms with Crippen LogP contribution in [0, 0.1) is 5.82 Å². The minimum atomic E-state index is -2.55. The summed E-state index contributed by atoms with van der Waals surface area (Å²) < 4.78 is 45.6. The second kappa shape index (κ2) is 8.28. The average Bonchev–Trinajstić information content (AvgIpc) is 3.25. The smallest absolute Gasteiger partial charge is 0.245 e. The van der Waals surface area contributed by atoms with E-state index in [1.807, 2.05) is 4.57 Å². The number of methoxy groups -OCH3 is 1. The highest BCUT2D eigenvalue weighted by Gasteiger charge is 2.34. The third kappa shape index (κ3) is 4.09. The van der Waals surface area contributed by atoms with Crippen LogP contribution in [0.15, 0.2) is 30.6 Å². The van der Waals surface area contributed by atoms with E-state index in [1.165, 1.54) is 17.0 Å². The van der Waals surface area contributed by atoms with E-state index in [4.69, 9.17) is 4.74 Å². The zero-order chi connectivity index (χ0) is 20.5. The van der Waals surface area contributed by atoms with Gasteiger partial charge in [0.2, 0.25) is 5.91 Å². The van der Waals surface area contributed by atoms with Crippen LogP contribution in [0.5, 0.6) is 0 Å². The third-order valence-electron chi connectivity index (χ3n) is 5.28. The monoisotopic (exact) mass is 422 g/mol. The van der Waals surface area contributed by atoms with Crippen LogP contribution >= 0.6 is 0 Å². The Morgan fingerprint density at radius 2 is 2.21 bits per heavy atom. The van der Waals surface area contributed by atoms with Crippen LogP contribution in [-0.2, 0) is 27.3 Å². The van der Waals surface area contributed by atoms with Gasteiger partial charge in [-0.1, -0.05) is 0 Å². The number of ether oxygens (including phenoxy) is 1. The topological polar surface area (TPSA) is 103 Å². The fraction of sp³-hybridized carbons (Fsp3) is 0.444. The first kappa shape index (κ1) is 20.1. The van der Waals surface area contributed by atoms with Gasteiger partial charge in [-0.25, -0.2) is 14.1 Å². The highest BCUT2D eigenvalue weighted by Crippen LogP contribution is 2.27. The van der Waals surface area contributed by atoms with E-state index in [0.29, 0.717) is 12.2 Å². The number of carbonyl (C=O) groups excluding carboxylic acids is 1. The van der Waals surface area contributed by atoms with Gasteiger partial charge in [-0.2, -0.15) is 0 Å². The number of nitrogens with one attached hydrogen (secondary N) is 1. The van der Waals surface area contributed by atoms with Gasteiger partial charge in [0.25, 0.3) is 0 Å². The van der Waals surface area contributed by atoms with Gasteiger partial charge in [0.15, 0.2) is 0 Å². The number of carbonyl (C=O) groups is 1. The van der Waals surface area contributed by atoms with Crippen LogP contribution < -0.4 is 9.62 Å². The molecule has 1 aromatic carbocycles.